The maximum Gasteiger partial charge on any atom is 0.251 e. The molecule has 0 saturated carbocycles. The summed E-state index contributed by atoms with van der Waals surface area (Å²) in [6.07, 6.45) is 3.53. The van der Waals surface area contributed by atoms with E-state index in [9.17, 15) is 13.2 Å². The first-order chi connectivity index (χ1) is 12.6. The van der Waals surface area contributed by atoms with E-state index in [1.165, 1.54) is 6.07 Å². The Kier molecular flexibility index (Phi) is 8.93. The SMILES string of the molecule is CC(C)CC(C)(CN)NC(=O)c1cccc(S(=O)(=O)N2CCCCC2C)c1.Cl. The van der Waals surface area contributed by atoms with Crippen LogP contribution < -0.4 is 11.1 Å². The molecule has 1 fully saturated rings. The number of carbonyl (C=O) groups excluding carboxylic acids is 1. The fourth-order valence-electron chi connectivity index (χ4n) is 3.79. The maximum atomic E-state index is 13.0. The highest BCUT2D eigenvalue weighted by Crippen LogP contribution is 2.26. The summed E-state index contributed by atoms with van der Waals surface area (Å²) in [6.45, 7) is 8.85. The lowest BCUT2D eigenvalue weighted by Crippen LogP contribution is -2.52. The van der Waals surface area contributed by atoms with Crippen LogP contribution in [0.25, 0.3) is 0 Å². The van der Waals surface area contributed by atoms with E-state index in [1.54, 1.807) is 22.5 Å². The van der Waals surface area contributed by atoms with Gasteiger partial charge in [0.15, 0.2) is 0 Å². The van der Waals surface area contributed by atoms with E-state index in [4.69, 9.17) is 5.73 Å². The Balaban J connectivity index is 0.00000392. The Bertz CT molecular complexity index is 770. The fraction of sp³-hybridized carbons (Fsp3) is 0.650. The monoisotopic (exact) mass is 431 g/mol. The molecule has 1 aromatic rings. The first kappa shape index (κ1) is 24.9. The second-order valence-corrected chi connectivity index (χ2v) is 10.2. The standard InChI is InChI=1S/C20H33N3O3S.ClH/c1-15(2)13-20(4,14-21)22-19(24)17-9-7-10-18(12-17)27(25,26)23-11-6-5-8-16(23)3;/h7,9-10,12,15-16H,5-6,8,11,13-14,21H2,1-4H3,(H,22,24);1H. The Labute approximate surface area is 175 Å². The van der Waals surface area contributed by atoms with Gasteiger partial charge in [0.25, 0.3) is 5.91 Å². The van der Waals surface area contributed by atoms with Crippen LogP contribution in [0.15, 0.2) is 29.2 Å². The lowest BCUT2D eigenvalue weighted by atomic mass is 9.90. The summed E-state index contributed by atoms with van der Waals surface area (Å²) in [7, 11) is -3.61. The van der Waals surface area contributed by atoms with Gasteiger partial charge in [-0.2, -0.15) is 4.31 Å². The van der Waals surface area contributed by atoms with Gasteiger partial charge in [-0.15, -0.1) is 12.4 Å². The Morgan fingerprint density at radius 1 is 1.36 bits per heavy atom. The van der Waals surface area contributed by atoms with Gasteiger partial charge in [0.2, 0.25) is 10.0 Å². The van der Waals surface area contributed by atoms with Crippen molar-refractivity contribution in [3.63, 3.8) is 0 Å². The van der Waals surface area contributed by atoms with Crippen molar-refractivity contribution in [3.05, 3.63) is 29.8 Å². The molecular weight excluding hydrogens is 398 g/mol. The largest absolute Gasteiger partial charge is 0.346 e. The number of hydrogen-bond acceptors (Lipinski definition) is 4. The zero-order valence-electron chi connectivity index (χ0n) is 17.3. The molecule has 1 aliphatic heterocycles. The smallest absolute Gasteiger partial charge is 0.251 e. The van der Waals surface area contributed by atoms with Gasteiger partial charge >= 0.3 is 0 Å². The summed E-state index contributed by atoms with van der Waals surface area (Å²) in [5.74, 6) is 0.0819. The molecule has 1 heterocycles. The molecule has 1 aliphatic rings. The molecule has 0 spiro atoms. The van der Waals surface area contributed by atoms with Crippen LogP contribution in [-0.2, 0) is 10.0 Å². The minimum Gasteiger partial charge on any atom is -0.346 e. The van der Waals surface area contributed by atoms with Crippen molar-refractivity contribution in [3.8, 4) is 0 Å². The Morgan fingerprint density at radius 2 is 2.04 bits per heavy atom. The molecule has 2 unspecified atom stereocenters. The summed E-state index contributed by atoms with van der Waals surface area (Å²) in [4.78, 5) is 12.9. The van der Waals surface area contributed by atoms with E-state index < -0.39 is 15.6 Å². The first-order valence-corrected chi connectivity index (χ1v) is 11.2. The molecule has 2 rings (SSSR count). The fourth-order valence-corrected chi connectivity index (χ4v) is 5.54. The molecule has 8 heteroatoms. The van der Waals surface area contributed by atoms with Crippen LogP contribution in [0.2, 0.25) is 0 Å². The van der Waals surface area contributed by atoms with Gasteiger partial charge in [-0.3, -0.25) is 4.79 Å². The molecule has 0 aromatic heterocycles. The summed E-state index contributed by atoms with van der Waals surface area (Å²) in [5, 5.41) is 2.99. The van der Waals surface area contributed by atoms with Crippen molar-refractivity contribution in [1.29, 1.82) is 0 Å². The third-order valence-electron chi connectivity index (χ3n) is 5.17. The quantitative estimate of drug-likeness (QED) is 0.693. The normalized spacial score (nSPS) is 20.3. The molecular formula is C20H34ClN3O3S. The number of benzene rings is 1. The molecule has 0 aliphatic carbocycles. The lowest BCUT2D eigenvalue weighted by molar-refractivity contribution is 0.0898. The third kappa shape index (κ3) is 5.92. The van der Waals surface area contributed by atoms with Gasteiger partial charge in [0, 0.05) is 30.2 Å². The maximum absolute atomic E-state index is 13.0. The number of halogens is 1. The highest BCUT2D eigenvalue weighted by molar-refractivity contribution is 7.89. The summed E-state index contributed by atoms with van der Waals surface area (Å²) in [6, 6.07) is 6.27. The second kappa shape index (κ2) is 10.1. The highest BCUT2D eigenvalue weighted by atomic mass is 35.5. The average molecular weight is 432 g/mol. The molecule has 2 atom stereocenters. The minimum absolute atomic E-state index is 0. The predicted octanol–water partition coefficient (Wildman–Crippen LogP) is 3.16. The zero-order valence-corrected chi connectivity index (χ0v) is 18.9. The Hall–Kier alpha value is -1.15. The van der Waals surface area contributed by atoms with Gasteiger partial charge in [-0.25, -0.2) is 8.42 Å². The number of carbonyl (C=O) groups is 1. The number of hydrogen-bond donors (Lipinski definition) is 2. The van der Waals surface area contributed by atoms with Gasteiger partial charge < -0.3 is 11.1 Å². The van der Waals surface area contributed by atoms with E-state index in [1.807, 2.05) is 13.8 Å². The molecule has 1 aromatic carbocycles. The minimum atomic E-state index is -3.61. The summed E-state index contributed by atoms with van der Waals surface area (Å²) in [5.41, 5.74) is 5.69. The second-order valence-electron chi connectivity index (χ2n) is 8.31. The van der Waals surface area contributed by atoms with Gasteiger partial charge in [-0.05, 0) is 57.2 Å². The van der Waals surface area contributed by atoms with E-state index in [2.05, 4.69) is 19.2 Å². The predicted molar refractivity (Wildman–Crippen MR) is 115 cm³/mol. The van der Waals surface area contributed by atoms with Gasteiger partial charge in [-0.1, -0.05) is 26.3 Å². The molecule has 0 radical (unpaired) electrons. The van der Waals surface area contributed by atoms with Crippen molar-refractivity contribution >= 4 is 28.3 Å². The number of sulfonamides is 1. The highest BCUT2D eigenvalue weighted by Gasteiger charge is 2.32. The number of nitrogens with two attached hydrogens (primary N) is 1. The topological polar surface area (TPSA) is 92.5 Å². The first-order valence-electron chi connectivity index (χ1n) is 9.73. The third-order valence-corrected chi connectivity index (χ3v) is 7.18. The van der Waals surface area contributed by atoms with Crippen LogP contribution >= 0.6 is 12.4 Å². The van der Waals surface area contributed by atoms with Crippen molar-refractivity contribution in [1.82, 2.24) is 9.62 Å². The Morgan fingerprint density at radius 3 is 2.61 bits per heavy atom. The molecule has 3 N–H and O–H groups in total. The molecule has 0 bridgehead atoms. The number of nitrogens with one attached hydrogen (secondary N) is 1. The molecule has 28 heavy (non-hydrogen) atoms. The van der Waals surface area contributed by atoms with Gasteiger partial charge in [0.1, 0.15) is 0 Å². The van der Waals surface area contributed by atoms with Crippen molar-refractivity contribution in [2.75, 3.05) is 13.1 Å². The molecule has 1 saturated heterocycles. The molecule has 6 nitrogen and oxygen atoms in total. The van der Waals surface area contributed by atoms with Crippen molar-refractivity contribution in [2.45, 2.75) is 69.9 Å². The summed E-state index contributed by atoms with van der Waals surface area (Å²) < 4.78 is 27.6. The van der Waals surface area contributed by atoms with E-state index >= 15 is 0 Å². The van der Waals surface area contributed by atoms with Crippen molar-refractivity contribution < 1.29 is 13.2 Å². The van der Waals surface area contributed by atoms with Crippen LogP contribution in [0, 0.1) is 5.92 Å². The van der Waals surface area contributed by atoms with E-state index in [0.717, 1.165) is 25.7 Å². The van der Waals surface area contributed by atoms with Gasteiger partial charge in [0.05, 0.1) is 4.90 Å². The molecule has 1 amide bonds. The van der Waals surface area contributed by atoms with Crippen LogP contribution in [0.3, 0.4) is 0 Å². The van der Waals surface area contributed by atoms with Crippen LogP contribution in [0.4, 0.5) is 0 Å². The van der Waals surface area contributed by atoms with Crippen LogP contribution in [-0.4, -0.2) is 43.3 Å². The average Bonchev–Trinajstić information content (AvgIpc) is 2.61. The zero-order chi connectivity index (χ0) is 20.2. The van der Waals surface area contributed by atoms with Crippen molar-refractivity contribution in [2.24, 2.45) is 11.7 Å². The summed E-state index contributed by atoms with van der Waals surface area (Å²) >= 11 is 0. The number of rotatable bonds is 7. The lowest BCUT2D eigenvalue weighted by Gasteiger charge is -2.32. The molecule has 160 valence electrons. The van der Waals surface area contributed by atoms with E-state index in [-0.39, 0.29) is 29.3 Å². The van der Waals surface area contributed by atoms with Crippen LogP contribution in [0.5, 0.6) is 0 Å². The number of amides is 1. The number of piperidine rings is 1. The van der Waals surface area contributed by atoms with Crippen LogP contribution in [0.1, 0.15) is 63.7 Å². The number of nitrogens with zero attached hydrogens (tertiary/aromatic N) is 1. The van der Waals surface area contributed by atoms with E-state index in [0.29, 0.717) is 24.6 Å².